The van der Waals surface area contributed by atoms with Crippen molar-refractivity contribution in [2.24, 2.45) is 7.05 Å². The van der Waals surface area contributed by atoms with Gasteiger partial charge in [-0.3, -0.25) is 4.68 Å². The van der Waals surface area contributed by atoms with Gasteiger partial charge in [-0.2, -0.15) is 5.10 Å². The summed E-state index contributed by atoms with van der Waals surface area (Å²) in [7, 11) is 3.45. The predicted octanol–water partition coefficient (Wildman–Crippen LogP) is 1.38. The molecule has 5 heteroatoms. The Labute approximate surface area is 93.9 Å². The van der Waals surface area contributed by atoms with Gasteiger partial charge in [0.15, 0.2) is 0 Å². The predicted molar refractivity (Wildman–Crippen MR) is 62.1 cm³/mol. The van der Waals surface area contributed by atoms with Crippen LogP contribution in [-0.4, -0.2) is 21.9 Å². The molecule has 0 radical (unpaired) electrons. The fraction of sp³-hybridized carbons (Fsp3) is 0.273. The molecule has 0 amide bonds. The third-order valence-electron chi connectivity index (χ3n) is 2.59. The molecule has 16 heavy (non-hydrogen) atoms. The molecule has 5 nitrogen and oxygen atoms in total. The third kappa shape index (κ3) is 1.60. The van der Waals surface area contributed by atoms with Crippen molar-refractivity contribution in [1.29, 1.82) is 0 Å². The fourth-order valence-electron chi connectivity index (χ4n) is 1.51. The zero-order valence-corrected chi connectivity index (χ0v) is 9.56. The minimum absolute atomic E-state index is 0.445. The number of aryl methyl sites for hydroxylation is 1. The molecule has 2 N–H and O–H groups in total. The number of nitrogens with zero attached hydrogens (tertiary/aromatic N) is 3. The summed E-state index contributed by atoms with van der Waals surface area (Å²) in [5.74, 6) is 0.445. The standard InChI is InChI=1S/C11H14N4O/c1-7-8(6-13-15(7)2)10-5-4-9(12)11(14-10)16-3/h4-6H,12H2,1-3H3. The Morgan fingerprint density at radius 3 is 2.69 bits per heavy atom. The van der Waals surface area contributed by atoms with E-state index in [2.05, 4.69) is 10.1 Å². The van der Waals surface area contributed by atoms with Crippen LogP contribution in [0.25, 0.3) is 11.3 Å². The molecule has 2 rings (SSSR count). The second-order valence-corrected chi connectivity index (χ2v) is 3.56. The highest BCUT2D eigenvalue weighted by Gasteiger charge is 2.10. The van der Waals surface area contributed by atoms with E-state index in [4.69, 9.17) is 10.5 Å². The van der Waals surface area contributed by atoms with Gasteiger partial charge in [-0.05, 0) is 19.1 Å². The van der Waals surface area contributed by atoms with Crippen molar-refractivity contribution >= 4 is 5.69 Å². The Bertz CT molecular complexity index is 519. The lowest BCUT2D eigenvalue weighted by Gasteiger charge is -2.05. The van der Waals surface area contributed by atoms with Crippen LogP contribution in [0.3, 0.4) is 0 Å². The van der Waals surface area contributed by atoms with Crippen molar-refractivity contribution in [2.75, 3.05) is 12.8 Å². The normalized spacial score (nSPS) is 10.4. The van der Waals surface area contributed by atoms with Crippen molar-refractivity contribution < 1.29 is 4.74 Å². The topological polar surface area (TPSA) is 66.0 Å². The largest absolute Gasteiger partial charge is 0.480 e. The molecule has 0 bridgehead atoms. The van der Waals surface area contributed by atoms with Gasteiger partial charge in [0.2, 0.25) is 5.88 Å². The first kappa shape index (κ1) is 10.5. The second-order valence-electron chi connectivity index (χ2n) is 3.56. The molecule has 0 spiro atoms. The molecule has 0 unspecified atom stereocenters. The number of nitrogens with two attached hydrogens (primary N) is 1. The molecule has 84 valence electrons. The van der Waals surface area contributed by atoms with Crippen LogP contribution in [0.1, 0.15) is 5.69 Å². The molecule has 0 atom stereocenters. The smallest absolute Gasteiger partial charge is 0.237 e. The fourth-order valence-corrected chi connectivity index (χ4v) is 1.51. The first-order valence-electron chi connectivity index (χ1n) is 4.93. The van der Waals surface area contributed by atoms with Crippen LogP contribution in [0.4, 0.5) is 5.69 Å². The van der Waals surface area contributed by atoms with Crippen molar-refractivity contribution in [1.82, 2.24) is 14.8 Å². The minimum atomic E-state index is 0.445. The number of rotatable bonds is 2. The summed E-state index contributed by atoms with van der Waals surface area (Å²) in [6, 6.07) is 3.65. The van der Waals surface area contributed by atoms with Gasteiger partial charge in [-0.15, -0.1) is 0 Å². The zero-order valence-electron chi connectivity index (χ0n) is 9.56. The summed E-state index contributed by atoms with van der Waals surface area (Å²) in [6.07, 6.45) is 1.79. The number of anilines is 1. The molecule has 0 aromatic carbocycles. The van der Waals surface area contributed by atoms with Gasteiger partial charge in [0.05, 0.1) is 24.7 Å². The molecule has 0 aliphatic heterocycles. The maximum atomic E-state index is 5.71. The van der Waals surface area contributed by atoms with E-state index in [0.717, 1.165) is 17.0 Å². The SMILES string of the molecule is COc1nc(-c2cnn(C)c2C)ccc1N. The van der Waals surface area contributed by atoms with Gasteiger partial charge in [0.1, 0.15) is 0 Å². The number of aromatic nitrogens is 3. The Balaban J connectivity index is 2.52. The number of methoxy groups -OCH3 is 1. The quantitative estimate of drug-likeness (QED) is 0.827. The summed E-state index contributed by atoms with van der Waals surface area (Å²) < 4.78 is 6.90. The van der Waals surface area contributed by atoms with Crippen molar-refractivity contribution in [2.45, 2.75) is 6.92 Å². The molecule has 2 heterocycles. The van der Waals surface area contributed by atoms with E-state index in [1.807, 2.05) is 20.0 Å². The van der Waals surface area contributed by atoms with E-state index in [-0.39, 0.29) is 0 Å². The number of hydrogen-bond acceptors (Lipinski definition) is 4. The minimum Gasteiger partial charge on any atom is -0.480 e. The molecular formula is C11H14N4O. The Morgan fingerprint density at radius 1 is 1.38 bits per heavy atom. The van der Waals surface area contributed by atoms with Gasteiger partial charge in [-0.1, -0.05) is 0 Å². The summed E-state index contributed by atoms with van der Waals surface area (Å²) in [6.45, 7) is 1.99. The summed E-state index contributed by atoms with van der Waals surface area (Å²) in [4.78, 5) is 4.33. The maximum absolute atomic E-state index is 5.71. The van der Waals surface area contributed by atoms with E-state index < -0.39 is 0 Å². The highest BCUT2D eigenvalue weighted by Crippen LogP contribution is 2.26. The first-order chi connectivity index (χ1) is 7.63. The zero-order chi connectivity index (χ0) is 11.7. The van der Waals surface area contributed by atoms with Crippen molar-refractivity contribution in [3.63, 3.8) is 0 Å². The Hall–Kier alpha value is -2.04. The lowest BCUT2D eigenvalue weighted by Crippen LogP contribution is -1.97. The van der Waals surface area contributed by atoms with Gasteiger partial charge in [0, 0.05) is 18.3 Å². The van der Waals surface area contributed by atoms with Gasteiger partial charge < -0.3 is 10.5 Å². The number of ether oxygens (including phenoxy) is 1. The van der Waals surface area contributed by atoms with Crippen LogP contribution in [-0.2, 0) is 7.05 Å². The van der Waals surface area contributed by atoms with Crippen LogP contribution in [0.5, 0.6) is 5.88 Å². The van der Waals surface area contributed by atoms with E-state index in [1.54, 1.807) is 24.1 Å². The molecule has 0 saturated carbocycles. The Morgan fingerprint density at radius 2 is 2.12 bits per heavy atom. The number of pyridine rings is 1. The highest BCUT2D eigenvalue weighted by molar-refractivity contribution is 5.64. The van der Waals surface area contributed by atoms with E-state index in [0.29, 0.717) is 11.6 Å². The van der Waals surface area contributed by atoms with E-state index >= 15 is 0 Å². The molecule has 2 aromatic heterocycles. The van der Waals surface area contributed by atoms with Gasteiger partial charge >= 0.3 is 0 Å². The summed E-state index contributed by atoms with van der Waals surface area (Å²) in [5, 5.41) is 4.18. The van der Waals surface area contributed by atoms with Crippen LogP contribution in [0, 0.1) is 6.92 Å². The first-order valence-corrected chi connectivity index (χ1v) is 4.93. The van der Waals surface area contributed by atoms with Gasteiger partial charge in [0.25, 0.3) is 0 Å². The van der Waals surface area contributed by atoms with Crippen LogP contribution in [0.2, 0.25) is 0 Å². The molecule has 0 saturated heterocycles. The average Bonchev–Trinajstić information content (AvgIpc) is 2.61. The molecule has 0 aliphatic rings. The van der Waals surface area contributed by atoms with Crippen molar-refractivity contribution in [3.05, 3.63) is 24.0 Å². The summed E-state index contributed by atoms with van der Waals surface area (Å²) in [5.41, 5.74) is 9.11. The average molecular weight is 218 g/mol. The number of nitrogen functional groups attached to an aromatic ring is 1. The maximum Gasteiger partial charge on any atom is 0.237 e. The molecular weight excluding hydrogens is 204 g/mol. The van der Waals surface area contributed by atoms with Crippen LogP contribution in [0.15, 0.2) is 18.3 Å². The molecule has 0 aliphatic carbocycles. The molecule has 2 aromatic rings. The number of hydrogen-bond donors (Lipinski definition) is 1. The van der Waals surface area contributed by atoms with Crippen LogP contribution >= 0.6 is 0 Å². The second kappa shape index (κ2) is 3.84. The monoisotopic (exact) mass is 218 g/mol. The van der Waals surface area contributed by atoms with Crippen molar-refractivity contribution in [3.8, 4) is 17.1 Å². The lowest BCUT2D eigenvalue weighted by molar-refractivity contribution is 0.401. The van der Waals surface area contributed by atoms with E-state index in [1.165, 1.54) is 0 Å². The Kier molecular flexibility index (Phi) is 2.52. The highest BCUT2D eigenvalue weighted by atomic mass is 16.5. The summed E-state index contributed by atoms with van der Waals surface area (Å²) >= 11 is 0. The van der Waals surface area contributed by atoms with E-state index in [9.17, 15) is 0 Å². The lowest BCUT2D eigenvalue weighted by atomic mass is 10.1. The molecule has 0 fully saturated rings. The third-order valence-corrected chi connectivity index (χ3v) is 2.59. The van der Waals surface area contributed by atoms with Crippen LogP contribution < -0.4 is 10.5 Å². The van der Waals surface area contributed by atoms with Gasteiger partial charge in [-0.25, -0.2) is 4.98 Å².